The van der Waals surface area contributed by atoms with E-state index in [1.54, 1.807) is 12.5 Å². The van der Waals surface area contributed by atoms with Crippen LogP contribution in [0.4, 0.5) is 10.1 Å². The Balaban J connectivity index is 2.16. The van der Waals surface area contributed by atoms with Gasteiger partial charge in [-0.1, -0.05) is 0 Å². The van der Waals surface area contributed by atoms with Crippen molar-refractivity contribution in [3.8, 4) is 0 Å². The van der Waals surface area contributed by atoms with Gasteiger partial charge in [0.05, 0.1) is 12.5 Å². The van der Waals surface area contributed by atoms with Gasteiger partial charge in [0, 0.05) is 24.8 Å². The zero-order chi connectivity index (χ0) is 13.0. The zero-order valence-electron chi connectivity index (χ0n) is 10.4. The number of hydrogen-bond donors (Lipinski definition) is 1. The molecule has 2 aromatic rings. The molecule has 4 heteroatoms. The number of hydrogen-bond acceptors (Lipinski definition) is 3. The molecule has 0 radical (unpaired) electrons. The number of furan rings is 1. The summed E-state index contributed by atoms with van der Waals surface area (Å²) in [6.45, 7) is 1.20. The first-order valence-corrected chi connectivity index (χ1v) is 5.91. The average Bonchev–Trinajstić information content (AvgIpc) is 2.81. The molecule has 0 saturated heterocycles. The van der Waals surface area contributed by atoms with Crippen LogP contribution in [0.15, 0.2) is 41.2 Å². The first-order chi connectivity index (χ1) is 8.69. The highest BCUT2D eigenvalue weighted by Gasteiger charge is 2.06. The van der Waals surface area contributed by atoms with Crippen LogP contribution in [-0.4, -0.2) is 13.6 Å². The minimum Gasteiger partial charge on any atom is -0.472 e. The maximum Gasteiger partial charge on any atom is 0.125 e. The van der Waals surface area contributed by atoms with Gasteiger partial charge in [0.25, 0.3) is 0 Å². The van der Waals surface area contributed by atoms with Crippen LogP contribution >= 0.6 is 0 Å². The standard InChI is InChI=1S/C14H17FN2O/c1-17(9-12-3-5-18-10-12)14-7-11(2-4-16)6-13(15)8-14/h3,5-8,10H,2,4,9,16H2,1H3. The molecule has 1 aromatic carbocycles. The summed E-state index contributed by atoms with van der Waals surface area (Å²) in [5.74, 6) is -0.227. The van der Waals surface area contributed by atoms with E-state index < -0.39 is 0 Å². The average molecular weight is 248 g/mol. The van der Waals surface area contributed by atoms with Gasteiger partial charge in [-0.2, -0.15) is 0 Å². The number of nitrogens with zero attached hydrogens (tertiary/aromatic N) is 1. The third-order valence-electron chi connectivity index (χ3n) is 2.82. The number of anilines is 1. The van der Waals surface area contributed by atoms with E-state index in [1.165, 1.54) is 12.1 Å². The van der Waals surface area contributed by atoms with E-state index in [1.807, 2.05) is 24.1 Å². The van der Waals surface area contributed by atoms with E-state index in [4.69, 9.17) is 10.2 Å². The van der Waals surface area contributed by atoms with E-state index >= 15 is 0 Å². The van der Waals surface area contributed by atoms with Crippen LogP contribution in [0, 0.1) is 5.82 Å². The fourth-order valence-corrected chi connectivity index (χ4v) is 1.91. The third-order valence-corrected chi connectivity index (χ3v) is 2.82. The number of nitrogens with two attached hydrogens (primary N) is 1. The molecule has 0 aliphatic rings. The Morgan fingerprint density at radius 1 is 1.28 bits per heavy atom. The van der Waals surface area contributed by atoms with Crippen molar-refractivity contribution in [3.63, 3.8) is 0 Å². The molecule has 0 atom stereocenters. The smallest absolute Gasteiger partial charge is 0.125 e. The van der Waals surface area contributed by atoms with Crippen LogP contribution < -0.4 is 10.6 Å². The Morgan fingerprint density at radius 2 is 2.11 bits per heavy atom. The molecule has 2 N–H and O–H groups in total. The minimum atomic E-state index is -0.227. The van der Waals surface area contributed by atoms with Crippen molar-refractivity contribution < 1.29 is 8.81 Å². The van der Waals surface area contributed by atoms with E-state index in [0.29, 0.717) is 19.5 Å². The van der Waals surface area contributed by atoms with Crippen LogP contribution in [-0.2, 0) is 13.0 Å². The Labute approximate surface area is 106 Å². The summed E-state index contributed by atoms with van der Waals surface area (Å²) in [6.07, 6.45) is 4.01. The number of benzene rings is 1. The fraction of sp³-hybridized carbons (Fsp3) is 0.286. The molecule has 2 rings (SSSR count). The second-order valence-electron chi connectivity index (χ2n) is 4.34. The van der Waals surface area contributed by atoms with Crippen molar-refractivity contribution in [2.45, 2.75) is 13.0 Å². The Bertz CT molecular complexity index is 497. The normalized spacial score (nSPS) is 10.6. The van der Waals surface area contributed by atoms with Gasteiger partial charge in [-0.15, -0.1) is 0 Å². The maximum atomic E-state index is 13.5. The van der Waals surface area contributed by atoms with Crippen molar-refractivity contribution >= 4 is 5.69 Å². The van der Waals surface area contributed by atoms with Crippen LogP contribution in [0.3, 0.4) is 0 Å². The highest BCUT2D eigenvalue weighted by Crippen LogP contribution is 2.20. The molecule has 0 amide bonds. The Kier molecular flexibility index (Phi) is 3.99. The largest absolute Gasteiger partial charge is 0.472 e. The van der Waals surface area contributed by atoms with E-state index in [9.17, 15) is 4.39 Å². The second-order valence-corrected chi connectivity index (χ2v) is 4.34. The molecule has 18 heavy (non-hydrogen) atoms. The van der Waals surface area contributed by atoms with Crippen LogP contribution in [0.5, 0.6) is 0 Å². The van der Waals surface area contributed by atoms with Crippen molar-refractivity contribution in [3.05, 3.63) is 53.7 Å². The third kappa shape index (κ3) is 3.11. The molecule has 3 nitrogen and oxygen atoms in total. The van der Waals surface area contributed by atoms with Gasteiger partial charge in [-0.3, -0.25) is 0 Å². The van der Waals surface area contributed by atoms with Crippen molar-refractivity contribution in [1.82, 2.24) is 0 Å². The van der Waals surface area contributed by atoms with Crippen LogP contribution in [0.1, 0.15) is 11.1 Å². The van der Waals surface area contributed by atoms with E-state index in [0.717, 1.165) is 16.8 Å². The molecule has 1 heterocycles. The summed E-state index contributed by atoms with van der Waals surface area (Å²) < 4.78 is 18.5. The molecule has 0 bridgehead atoms. The summed E-state index contributed by atoms with van der Waals surface area (Å²) in [4.78, 5) is 1.98. The summed E-state index contributed by atoms with van der Waals surface area (Å²) in [5.41, 5.74) is 8.33. The summed E-state index contributed by atoms with van der Waals surface area (Å²) in [5, 5.41) is 0. The molecule has 0 saturated carbocycles. The summed E-state index contributed by atoms with van der Waals surface area (Å²) >= 11 is 0. The molecular formula is C14H17FN2O. The van der Waals surface area contributed by atoms with E-state index in [-0.39, 0.29) is 5.82 Å². The van der Waals surface area contributed by atoms with Crippen molar-refractivity contribution in [2.24, 2.45) is 5.73 Å². The molecule has 0 aliphatic heterocycles. The van der Waals surface area contributed by atoms with Crippen molar-refractivity contribution in [1.29, 1.82) is 0 Å². The summed E-state index contributed by atoms with van der Waals surface area (Å²) in [7, 11) is 1.92. The highest BCUT2D eigenvalue weighted by atomic mass is 19.1. The van der Waals surface area contributed by atoms with Gasteiger partial charge in [0.1, 0.15) is 5.82 Å². The molecule has 0 unspecified atom stereocenters. The first-order valence-electron chi connectivity index (χ1n) is 5.91. The van der Waals surface area contributed by atoms with Gasteiger partial charge >= 0.3 is 0 Å². The number of rotatable bonds is 5. The molecule has 0 fully saturated rings. The zero-order valence-corrected chi connectivity index (χ0v) is 10.4. The van der Waals surface area contributed by atoms with Gasteiger partial charge in [-0.25, -0.2) is 4.39 Å². The Morgan fingerprint density at radius 3 is 2.78 bits per heavy atom. The SMILES string of the molecule is CN(Cc1ccoc1)c1cc(F)cc(CCN)c1. The lowest BCUT2D eigenvalue weighted by molar-refractivity contribution is 0.563. The van der Waals surface area contributed by atoms with Gasteiger partial charge in [-0.05, 0) is 42.8 Å². The van der Waals surface area contributed by atoms with Gasteiger partial charge in [0.2, 0.25) is 0 Å². The van der Waals surface area contributed by atoms with Gasteiger partial charge < -0.3 is 15.1 Å². The molecule has 1 aromatic heterocycles. The molecule has 0 spiro atoms. The monoisotopic (exact) mass is 248 g/mol. The highest BCUT2D eigenvalue weighted by molar-refractivity contribution is 5.49. The maximum absolute atomic E-state index is 13.5. The first kappa shape index (κ1) is 12.6. The molecule has 0 aliphatic carbocycles. The minimum absolute atomic E-state index is 0.227. The Hall–Kier alpha value is -1.81. The fourth-order valence-electron chi connectivity index (χ4n) is 1.91. The lowest BCUT2D eigenvalue weighted by atomic mass is 10.1. The quantitative estimate of drug-likeness (QED) is 0.884. The number of halogens is 1. The predicted octanol–water partition coefficient (Wildman–Crippen LogP) is 2.56. The molecule has 96 valence electrons. The van der Waals surface area contributed by atoms with E-state index in [2.05, 4.69) is 0 Å². The summed E-state index contributed by atoms with van der Waals surface area (Å²) in [6, 6.07) is 6.93. The van der Waals surface area contributed by atoms with Crippen LogP contribution in [0.2, 0.25) is 0 Å². The predicted molar refractivity (Wildman–Crippen MR) is 70.0 cm³/mol. The second kappa shape index (κ2) is 5.69. The molecular weight excluding hydrogens is 231 g/mol. The van der Waals surface area contributed by atoms with Crippen LogP contribution in [0.25, 0.3) is 0 Å². The topological polar surface area (TPSA) is 42.4 Å². The van der Waals surface area contributed by atoms with Crippen molar-refractivity contribution in [2.75, 3.05) is 18.5 Å². The lowest BCUT2D eigenvalue weighted by Gasteiger charge is -2.19. The lowest BCUT2D eigenvalue weighted by Crippen LogP contribution is -2.16. The van der Waals surface area contributed by atoms with Gasteiger partial charge in [0.15, 0.2) is 0 Å².